The number of carboxylic acids is 1. The number of aromatic hydroxyl groups is 1. The van der Waals surface area contributed by atoms with Crippen LogP contribution in [0, 0.1) is 0 Å². The number of rotatable bonds is 17. The van der Waals surface area contributed by atoms with E-state index in [4.69, 9.17) is 22.9 Å². The molecule has 0 radical (unpaired) electrons. The molecule has 15 heteroatoms. The number of amides is 4. The van der Waals surface area contributed by atoms with Gasteiger partial charge in [0.1, 0.15) is 23.9 Å². The van der Waals surface area contributed by atoms with Crippen molar-refractivity contribution in [3.05, 3.63) is 65.7 Å². The first-order valence-electron chi connectivity index (χ1n) is 13.4. The predicted octanol–water partition coefficient (Wildman–Crippen LogP) is -2.03. The summed E-state index contributed by atoms with van der Waals surface area (Å²) < 4.78 is 0. The van der Waals surface area contributed by atoms with Crippen LogP contribution in [-0.4, -0.2) is 76.5 Å². The molecule has 0 aliphatic rings. The summed E-state index contributed by atoms with van der Waals surface area (Å²) in [6.45, 7) is 0.156. The molecule has 0 fully saturated rings. The second-order valence-electron chi connectivity index (χ2n) is 9.81. The fourth-order valence-electron chi connectivity index (χ4n) is 4.03. The molecule has 0 heterocycles. The average molecular weight is 599 g/mol. The number of carbonyl (C=O) groups is 5. The van der Waals surface area contributed by atoms with Gasteiger partial charge in [-0.1, -0.05) is 42.5 Å². The SMILES string of the molecule is NC(=O)CC(NC(=O)C(Cc1ccc(O)cc1)NC(=O)C(CCCN=C(N)N)NC(=O)C(N)Cc1ccccc1)C(=O)O. The normalized spacial score (nSPS) is 13.4. The summed E-state index contributed by atoms with van der Waals surface area (Å²) in [6, 6.07) is 9.67. The Labute approximate surface area is 248 Å². The zero-order valence-corrected chi connectivity index (χ0v) is 23.4. The third kappa shape index (κ3) is 12.5. The summed E-state index contributed by atoms with van der Waals surface area (Å²) in [5.74, 6) is -4.92. The van der Waals surface area contributed by atoms with E-state index in [1.165, 1.54) is 24.3 Å². The Bertz CT molecular complexity index is 1280. The van der Waals surface area contributed by atoms with E-state index in [0.717, 1.165) is 5.56 Å². The lowest BCUT2D eigenvalue weighted by Gasteiger charge is -2.25. The van der Waals surface area contributed by atoms with Crippen LogP contribution >= 0.6 is 0 Å². The lowest BCUT2D eigenvalue weighted by atomic mass is 10.0. The number of hydrogen-bond donors (Lipinski definition) is 9. The van der Waals surface area contributed by atoms with Crippen molar-refractivity contribution < 1.29 is 34.2 Å². The second-order valence-corrected chi connectivity index (χ2v) is 9.81. The highest BCUT2D eigenvalue weighted by atomic mass is 16.4. The van der Waals surface area contributed by atoms with Gasteiger partial charge in [-0.25, -0.2) is 4.79 Å². The van der Waals surface area contributed by atoms with E-state index in [0.29, 0.717) is 5.56 Å². The van der Waals surface area contributed by atoms with Gasteiger partial charge in [-0.15, -0.1) is 0 Å². The molecule has 13 N–H and O–H groups in total. The molecule has 0 aliphatic heterocycles. The Morgan fingerprint density at radius 3 is 1.88 bits per heavy atom. The molecule has 0 saturated heterocycles. The molecular weight excluding hydrogens is 560 g/mol. The van der Waals surface area contributed by atoms with E-state index < -0.39 is 60.2 Å². The Hall–Kier alpha value is -5.18. The number of phenolic OH excluding ortho intramolecular Hbond substituents is 1. The molecular formula is C28H38N8O7. The molecule has 0 aliphatic carbocycles. The van der Waals surface area contributed by atoms with Gasteiger partial charge in [0.2, 0.25) is 23.6 Å². The largest absolute Gasteiger partial charge is 0.508 e. The maximum Gasteiger partial charge on any atom is 0.326 e. The molecule has 2 aromatic rings. The van der Waals surface area contributed by atoms with E-state index in [9.17, 15) is 34.2 Å². The Morgan fingerprint density at radius 1 is 0.744 bits per heavy atom. The molecule has 4 atom stereocenters. The van der Waals surface area contributed by atoms with Gasteiger partial charge in [-0.05, 0) is 42.5 Å². The highest BCUT2D eigenvalue weighted by Crippen LogP contribution is 2.12. The van der Waals surface area contributed by atoms with Crippen LogP contribution in [0.4, 0.5) is 0 Å². The lowest BCUT2D eigenvalue weighted by Crippen LogP contribution is -2.58. The number of nitrogens with two attached hydrogens (primary N) is 4. The summed E-state index contributed by atoms with van der Waals surface area (Å²) in [5, 5.41) is 26.4. The van der Waals surface area contributed by atoms with Crippen molar-refractivity contribution in [2.45, 2.75) is 56.3 Å². The van der Waals surface area contributed by atoms with Crippen LogP contribution in [0.25, 0.3) is 0 Å². The topological polar surface area (TPSA) is 278 Å². The number of nitrogens with zero attached hydrogens (tertiary/aromatic N) is 1. The molecule has 2 rings (SSSR count). The Balaban J connectivity index is 2.27. The number of aliphatic imine (C=N–C) groups is 1. The zero-order chi connectivity index (χ0) is 31.9. The molecule has 4 amide bonds. The summed E-state index contributed by atoms with van der Waals surface area (Å²) in [4.78, 5) is 66.5. The summed E-state index contributed by atoms with van der Waals surface area (Å²) >= 11 is 0. The summed E-state index contributed by atoms with van der Waals surface area (Å²) in [6.07, 6.45) is -0.248. The average Bonchev–Trinajstić information content (AvgIpc) is 2.94. The number of hydrogen-bond acceptors (Lipinski definition) is 8. The van der Waals surface area contributed by atoms with Crippen LogP contribution in [0.3, 0.4) is 0 Å². The first-order valence-corrected chi connectivity index (χ1v) is 13.4. The van der Waals surface area contributed by atoms with Crippen LogP contribution in [-0.2, 0) is 36.8 Å². The van der Waals surface area contributed by atoms with Crippen LogP contribution in [0.15, 0.2) is 59.6 Å². The number of nitrogens with one attached hydrogen (secondary N) is 3. The van der Waals surface area contributed by atoms with Crippen molar-refractivity contribution in [1.29, 1.82) is 0 Å². The first kappa shape index (κ1) is 34.0. The van der Waals surface area contributed by atoms with Gasteiger partial charge in [-0.2, -0.15) is 0 Å². The molecule has 232 valence electrons. The first-order chi connectivity index (χ1) is 20.3. The van der Waals surface area contributed by atoms with Gasteiger partial charge in [0, 0.05) is 13.0 Å². The highest BCUT2D eigenvalue weighted by Gasteiger charge is 2.31. The van der Waals surface area contributed by atoms with Crippen LogP contribution in [0.2, 0.25) is 0 Å². The van der Waals surface area contributed by atoms with E-state index in [1.807, 2.05) is 18.2 Å². The molecule has 2 aromatic carbocycles. The Morgan fingerprint density at radius 2 is 1.30 bits per heavy atom. The summed E-state index contributed by atoms with van der Waals surface area (Å²) in [7, 11) is 0. The smallest absolute Gasteiger partial charge is 0.326 e. The number of carboxylic acid groups (broad SMARTS) is 1. The fraction of sp³-hybridized carbons (Fsp3) is 0.357. The number of guanidine groups is 1. The highest BCUT2D eigenvalue weighted by molar-refractivity contribution is 5.95. The third-order valence-electron chi connectivity index (χ3n) is 6.24. The summed E-state index contributed by atoms with van der Waals surface area (Å²) in [5.41, 5.74) is 23.3. The number of primary amides is 1. The van der Waals surface area contributed by atoms with Crippen molar-refractivity contribution in [3.8, 4) is 5.75 Å². The molecule has 0 saturated carbocycles. The van der Waals surface area contributed by atoms with Gasteiger partial charge in [0.15, 0.2) is 5.96 Å². The third-order valence-corrected chi connectivity index (χ3v) is 6.24. The van der Waals surface area contributed by atoms with Crippen molar-refractivity contribution in [2.24, 2.45) is 27.9 Å². The minimum absolute atomic E-state index is 0.0309. The number of benzene rings is 2. The van der Waals surface area contributed by atoms with Crippen LogP contribution in [0.1, 0.15) is 30.4 Å². The lowest BCUT2D eigenvalue weighted by molar-refractivity contribution is -0.143. The minimum atomic E-state index is -1.64. The van der Waals surface area contributed by atoms with E-state index in [2.05, 4.69) is 20.9 Å². The molecule has 15 nitrogen and oxygen atoms in total. The van der Waals surface area contributed by atoms with Crippen LogP contribution in [0.5, 0.6) is 5.75 Å². The zero-order valence-electron chi connectivity index (χ0n) is 23.4. The Kier molecular flexibility index (Phi) is 13.4. The fourth-order valence-corrected chi connectivity index (χ4v) is 4.03. The van der Waals surface area contributed by atoms with Gasteiger partial charge in [0.25, 0.3) is 0 Å². The minimum Gasteiger partial charge on any atom is -0.508 e. The van der Waals surface area contributed by atoms with E-state index in [-0.39, 0.29) is 43.9 Å². The monoisotopic (exact) mass is 598 g/mol. The van der Waals surface area contributed by atoms with Crippen molar-refractivity contribution in [1.82, 2.24) is 16.0 Å². The molecule has 4 unspecified atom stereocenters. The molecule has 0 aromatic heterocycles. The number of carbonyl (C=O) groups excluding carboxylic acids is 4. The quantitative estimate of drug-likeness (QED) is 0.0547. The second kappa shape index (κ2) is 16.9. The van der Waals surface area contributed by atoms with Crippen molar-refractivity contribution >= 4 is 35.6 Å². The van der Waals surface area contributed by atoms with Crippen LogP contribution < -0.4 is 38.9 Å². The predicted molar refractivity (Wildman–Crippen MR) is 157 cm³/mol. The maximum absolute atomic E-state index is 13.5. The number of phenols is 1. The van der Waals surface area contributed by atoms with Crippen molar-refractivity contribution in [3.63, 3.8) is 0 Å². The van der Waals surface area contributed by atoms with Gasteiger partial charge in [-0.3, -0.25) is 24.2 Å². The number of aliphatic carboxylic acids is 1. The standard InChI is InChI=1S/C28H38N8O7/c29-19(13-16-5-2-1-3-6-16)24(39)34-20(7-4-12-33-28(31)32)25(40)35-21(14-17-8-10-18(37)11-9-17)26(41)36-22(27(42)43)15-23(30)38/h1-3,5-6,8-11,19-22,37H,4,7,12-15,29H2,(H2,30,38)(H,34,39)(H,35,40)(H,36,41)(H,42,43)(H4,31,32,33). The molecule has 0 spiro atoms. The van der Waals surface area contributed by atoms with Gasteiger partial charge >= 0.3 is 5.97 Å². The molecule has 0 bridgehead atoms. The van der Waals surface area contributed by atoms with E-state index >= 15 is 0 Å². The van der Waals surface area contributed by atoms with Gasteiger partial charge < -0.3 is 49.1 Å². The molecule has 43 heavy (non-hydrogen) atoms. The van der Waals surface area contributed by atoms with Gasteiger partial charge in [0.05, 0.1) is 12.5 Å². The van der Waals surface area contributed by atoms with Crippen molar-refractivity contribution in [2.75, 3.05) is 6.54 Å². The van der Waals surface area contributed by atoms with E-state index in [1.54, 1.807) is 12.1 Å². The maximum atomic E-state index is 13.5.